The van der Waals surface area contributed by atoms with Gasteiger partial charge in [-0.05, 0) is 23.7 Å². The lowest BCUT2D eigenvalue weighted by molar-refractivity contribution is 0.107. The average molecular weight is 185 g/mol. The Labute approximate surface area is 73.8 Å². The number of ether oxygens (including phenoxy) is 2. The third-order valence-corrected chi connectivity index (χ3v) is 1.81. The third kappa shape index (κ3) is 1.02. The van der Waals surface area contributed by atoms with Crippen LogP contribution < -0.4 is 9.47 Å². The molecule has 0 aliphatic carbocycles. The smallest absolute Gasteiger partial charge is 0.256 e. The maximum Gasteiger partial charge on any atom is 0.256 e. The van der Waals surface area contributed by atoms with Crippen molar-refractivity contribution in [1.29, 1.82) is 0 Å². The van der Waals surface area contributed by atoms with Gasteiger partial charge in [0, 0.05) is 0 Å². The van der Waals surface area contributed by atoms with Crippen LogP contribution in [0.15, 0.2) is 18.2 Å². The Morgan fingerprint density at radius 2 is 2.25 bits per heavy atom. The summed E-state index contributed by atoms with van der Waals surface area (Å²) in [5.74, 6) is 1.01. The molecule has 1 aromatic rings. The molecular weight excluding hydrogens is 180 g/mol. The zero-order chi connectivity index (χ0) is 8.55. The summed E-state index contributed by atoms with van der Waals surface area (Å²) >= 11 is 5.31. The Morgan fingerprint density at radius 1 is 1.42 bits per heavy atom. The fourth-order valence-electron chi connectivity index (χ4n) is 1.09. The van der Waals surface area contributed by atoms with E-state index in [1.807, 2.05) is 0 Å². The van der Waals surface area contributed by atoms with Crippen molar-refractivity contribution < 1.29 is 14.3 Å². The predicted octanol–water partition coefficient (Wildman–Crippen LogP) is 1.79. The molecule has 1 aromatic carbocycles. The summed E-state index contributed by atoms with van der Waals surface area (Å²) in [6.07, 6.45) is 0. The van der Waals surface area contributed by atoms with E-state index in [-0.39, 0.29) is 6.79 Å². The number of halogens is 1. The number of rotatable bonds is 1. The first kappa shape index (κ1) is 7.43. The predicted molar refractivity (Wildman–Crippen MR) is 42.7 cm³/mol. The summed E-state index contributed by atoms with van der Waals surface area (Å²) < 4.78 is 10.1. The molecule has 4 heteroatoms. The van der Waals surface area contributed by atoms with E-state index < -0.39 is 5.24 Å². The Morgan fingerprint density at radius 3 is 3.00 bits per heavy atom. The molecule has 0 radical (unpaired) electrons. The molecular formula is C8H5ClO3. The third-order valence-electron chi connectivity index (χ3n) is 1.61. The summed E-state index contributed by atoms with van der Waals surface area (Å²) in [5, 5.41) is -0.530. The minimum absolute atomic E-state index is 0.149. The van der Waals surface area contributed by atoms with Crippen LogP contribution in [0.2, 0.25) is 0 Å². The van der Waals surface area contributed by atoms with Crippen LogP contribution in [-0.2, 0) is 0 Å². The van der Waals surface area contributed by atoms with Gasteiger partial charge < -0.3 is 9.47 Å². The van der Waals surface area contributed by atoms with Crippen LogP contribution >= 0.6 is 11.6 Å². The molecule has 0 saturated heterocycles. The van der Waals surface area contributed by atoms with Gasteiger partial charge >= 0.3 is 0 Å². The quantitative estimate of drug-likeness (QED) is 0.625. The monoisotopic (exact) mass is 184 g/mol. The number of para-hydroxylation sites is 1. The van der Waals surface area contributed by atoms with Gasteiger partial charge in [-0.15, -0.1) is 0 Å². The van der Waals surface area contributed by atoms with Crippen molar-refractivity contribution in [2.45, 2.75) is 0 Å². The summed E-state index contributed by atoms with van der Waals surface area (Å²) in [5.41, 5.74) is 0.353. The molecule has 0 spiro atoms. The number of carbonyl (C=O) groups is 1. The average Bonchev–Trinajstić information content (AvgIpc) is 2.49. The van der Waals surface area contributed by atoms with Crippen molar-refractivity contribution in [2.75, 3.05) is 6.79 Å². The highest BCUT2D eigenvalue weighted by Crippen LogP contribution is 2.35. The van der Waals surface area contributed by atoms with E-state index >= 15 is 0 Å². The van der Waals surface area contributed by atoms with E-state index in [2.05, 4.69) is 0 Å². The molecule has 3 nitrogen and oxygen atoms in total. The number of benzene rings is 1. The number of hydrogen-bond acceptors (Lipinski definition) is 3. The molecule has 1 aliphatic rings. The van der Waals surface area contributed by atoms with Gasteiger partial charge in [-0.25, -0.2) is 0 Å². The van der Waals surface area contributed by atoms with E-state index in [1.165, 1.54) is 0 Å². The molecule has 62 valence electrons. The molecule has 1 heterocycles. The van der Waals surface area contributed by atoms with Gasteiger partial charge in [0.05, 0.1) is 5.56 Å². The second-order valence-electron chi connectivity index (χ2n) is 2.31. The van der Waals surface area contributed by atoms with E-state index in [0.717, 1.165) is 0 Å². The number of hydrogen-bond donors (Lipinski definition) is 0. The minimum Gasteiger partial charge on any atom is -0.454 e. The normalized spacial score (nSPS) is 13.1. The zero-order valence-electron chi connectivity index (χ0n) is 6.04. The summed E-state index contributed by atoms with van der Waals surface area (Å²) in [4.78, 5) is 10.8. The van der Waals surface area contributed by atoms with E-state index in [4.69, 9.17) is 21.1 Å². The van der Waals surface area contributed by atoms with Crippen molar-refractivity contribution in [3.63, 3.8) is 0 Å². The topological polar surface area (TPSA) is 35.5 Å². The lowest BCUT2D eigenvalue weighted by Crippen LogP contribution is -1.95. The molecule has 0 atom stereocenters. The van der Waals surface area contributed by atoms with Crippen LogP contribution in [-0.4, -0.2) is 12.0 Å². The van der Waals surface area contributed by atoms with Gasteiger partial charge in [0.15, 0.2) is 11.5 Å². The molecule has 0 N–H and O–H groups in total. The second kappa shape index (κ2) is 2.68. The summed E-state index contributed by atoms with van der Waals surface area (Å²) in [7, 11) is 0. The second-order valence-corrected chi connectivity index (χ2v) is 2.66. The Bertz CT molecular complexity index is 335. The van der Waals surface area contributed by atoms with E-state index in [0.29, 0.717) is 17.1 Å². The van der Waals surface area contributed by atoms with Crippen LogP contribution in [0, 0.1) is 0 Å². The molecule has 2 rings (SSSR count). The minimum atomic E-state index is -0.530. The highest BCUT2D eigenvalue weighted by molar-refractivity contribution is 6.68. The van der Waals surface area contributed by atoms with Crippen LogP contribution in [0.5, 0.6) is 11.5 Å². The molecule has 0 bridgehead atoms. The SMILES string of the molecule is O=C(Cl)c1cccc2c1OCO2. The Hall–Kier alpha value is -1.22. The maximum atomic E-state index is 10.8. The molecule has 0 aromatic heterocycles. The Kier molecular flexibility index (Phi) is 1.66. The van der Waals surface area contributed by atoms with Gasteiger partial charge in [-0.1, -0.05) is 6.07 Å². The van der Waals surface area contributed by atoms with Crippen LogP contribution in [0.3, 0.4) is 0 Å². The van der Waals surface area contributed by atoms with Gasteiger partial charge in [0.1, 0.15) is 0 Å². The summed E-state index contributed by atoms with van der Waals surface area (Å²) in [6, 6.07) is 5.03. The Balaban J connectivity index is 2.56. The van der Waals surface area contributed by atoms with Crippen molar-refractivity contribution in [3.8, 4) is 11.5 Å². The molecule has 0 saturated carbocycles. The van der Waals surface area contributed by atoms with Gasteiger partial charge in [0.2, 0.25) is 6.79 Å². The maximum absolute atomic E-state index is 10.8. The van der Waals surface area contributed by atoms with Crippen LogP contribution in [0.25, 0.3) is 0 Å². The van der Waals surface area contributed by atoms with E-state index in [9.17, 15) is 4.79 Å². The van der Waals surface area contributed by atoms with Gasteiger partial charge in [0.25, 0.3) is 5.24 Å². The standard InChI is InChI=1S/C8H5ClO3/c9-8(10)5-2-1-3-6-7(5)12-4-11-6/h1-3H,4H2. The highest BCUT2D eigenvalue weighted by atomic mass is 35.5. The first-order chi connectivity index (χ1) is 5.79. The first-order valence-corrected chi connectivity index (χ1v) is 3.75. The number of fused-ring (bicyclic) bond motifs is 1. The van der Waals surface area contributed by atoms with Crippen LogP contribution in [0.1, 0.15) is 10.4 Å². The van der Waals surface area contributed by atoms with Crippen LogP contribution in [0.4, 0.5) is 0 Å². The van der Waals surface area contributed by atoms with Crippen molar-refractivity contribution in [3.05, 3.63) is 23.8 Å². The highest BCUT2D eigenvalue weighted by Gasteiger charge is 2.20. The van der Waals surface area contributed by atoms with Crippen molar-refractivity contribution in [2.24, 2.45) is 0 Å². The molecule has 0 amide bonds. The first-order valence-electron chi connectivity index (χ1n) is 3.37. The fourth-order valence-corrected chi connectivity index (χ4v) is 1.23. The van der Waals surface area contributed by atoms with Gasteiger partial charge in [-0.3, -0.25) is 4.79 Å². The molecule has 1 aliphatic heterocycles. The largest absolute Gasteiger partial charge is 0.454 e. The molecule has 0 fully saturated rings. The molecule has 12 heavy (non-hydrogen) atoms. The number of carbonyl (C=O) groups excluding carboxylic acids is 1. The lowest BCUT2D eigenvalue weighted by Gasteiger charge is -1.98. The van der Waals surface area contributed by atoms with E-state index in [1.54, 1.807) is 18.2 Å². The fraction of sp³-hybridized carbons (Fsp3) is 0.125. The summed E-state index contributed by atoms with van der Waals surface area (Å²) in [6.45, 7) is 0.149. The van der Waals surface area contributed by atoms with Crippen molar-refractivity contribution >= 4 is 16.8 Å². The molecule has 0 unspecified atom stereocenters. The zero-order valence-corrected chi connectivity index (χ0v) is 6.80. The van der Waals surface area contributed by atoms with Gasteiger partial charge in [-0.2, -0.15) is 0 Å². The lowest BCUT2D eigenvalue weighted by atomic mass is 10.2. The van der Waals surface area contributed by atoms with Crippen molar-refractivity contribution in [1.82, 2.24) is 0 Å².